The summed E-state index contributed by atoms with van der Waals surface area (Å²) >= 11 is 0. The summed E-state index contributed by atoms with van der Waals surface area (Å²) in [5.74, 6) is -0.278. The Balaban J connectivity index is 1.63. The fourth-order valence-corrected chi connectivity index (χ4v) is 5.29. The summed E-state index contributed by atoms with van der Waals surface area (Å²) in [7, 11) is -3.52. The maximum absolute atomic E-state index is 13.4. The molecule has 1 aliphatic rings. The van der Waals surface area contributed by atoms with Crippen LogP contribution in [0.5, 0.6) is 0 Å². The van der Waals surface area contributed by atoms with Gasteiger partial charge < -0.3 is 4.98 Å². The molecule has 0 bridgehead atoms. The van der Waals surface area contributed by atoms with Gasteiger partial charge in [-0.05, 0) is 61.2 Å². The average molecular weight is 384 g/mol. The summed E-state index contributed by atoms with van der Waals surface area (Å²) in [6.07, 6.45) is 4.44. The van der Waals surface area contributed by atoms with Crippen LogP contribution < -0.4 is 0 Å². The number of nitrogens with zero attached hydrogens (tertiary/aromatic N) is 1. The lowest BCUT2D eigenvalue weighted by atomic mass is 10.00. The van der Waals surface area contributed by atoms with Gasteiger partial charge in [-0.2, -0.15) is 4.31 Å². The molecule has 0 radical (unpaired) electrons. The highest BCUT2D eigenvalue weighted by molar-refractivity contribution is 7.89. The number of aromatic amines is 1. The Kier molecular flexibility index (Phi) is 4.40. The van der Waals surface area contributed by atoms with Gasteiger partial charge in [0.05, 0.1) is 4.90 Å². The number of benzene rings is 2. The molecule has 1 aliphatic heterocycles. The summed E-state index contributed by atoms with van der Waals surface area (Å²) in [4.78, 5) is 3.47. The number of hydrogen-bond donors (Lipinski definition) is 1. The average Bonchev–Trinajstić information content (AvgIpc) is 3.06. The lowest BCUT2D eigenvalue weighted by Gasteiger charge is -2.26. The smallest absolute Gasteiger partial charge is 0.243 e. The molecule has 4 nitrogen and oxygen atoms in total. The van der Waals surface area contributed by atoms with Crippen molar-refractivity contribution in [3.05, 3.63) is 71.2 Å². The number of sulfonamides is 1. The van der Waals surface area contributed by atoms with E-state index in [2.05, 4.69) is 4.98 Å². The molecule has 0 saturated heterocycles. The molecule has 0 spiro atoms. The predicted molar refractivity (Wildman–Crippen MR) is 106 cm³/mol. The Hall–Kier alpha value is -2.44. The molecule has 1 N–H and O–H groups in total. The lowest BCUT2D eigenvalue weighted by molar-refractivity contribution is 0.441. The van der Waals surface area contributed by atoms with Crippen molar-refractivity contribution in [1.82, 2.24) is 9.29 Å². The molecule has 4 rings (SSSR count). The zero-order valence-electron chi connectivity index (χ0n) is 15.3. The minimum absolute atomic E-state index is 0.278. The number of aromatic nitrogens is 1. The van der Waals surface area contributed by atoms with E-state index in [0.717, 1.165) is 33.2 Å². The fourth-order valence-electron chi connectivity index (χ4n) is 3.60. The number of fused-ring (bicyclic) bond motifs is 1. The second kappa shape index (κ2) is 6.62. The standard InChI is InChI=1S/C21H21FN2O2S/c1-14-3-4-15(2)21(11-14)27(25,26)24-9-7-16(8-10-24)19-13-23-20-12-17(22)5-6-18(19)20/h3-7,11-13,23H,8-10H2,1-2H3. The van der Waals surface area contributed by atoms with Crippen molar-refractivity contribution in [3.63, 3.8) is 0 Å². The maximum atomic E-state index is 13.4. The van der Waals surface area contributed by atoms with E-state index in [-0.39, 0.29) is 5.82 Å². The minimum Gasteiger partial charge on any atom is -0.360 e. The van der Waals surface area contributed by atoms with E-state index in [0.29, 0.717) is 24.4 Å². The highest BCUT2D eigenvalue weighted by atomic mass is 32.2. The van der Waals surface area contributed by atoms with Crippen molar-refractivity contribution in [3.8, 4) is 0 Å². The molecule has 0 saturated carbocycles. The van der Waals surface area contributed by atoms with Crippen LogP contribution in [0.1, 0.15) is 23.1 Å². The highest BCUT2D eigenvalue weighted by Crippen LogP contribution is 2.31. The van der Waals surface area contributed by atoms with Gasteiger partial charge in [0.25, 0.3) is 0 Å². The van der Waals surface area contributed by atoms with Crippen molar-refractivity contribution in [2.24, 2.45) is 0 Å². The molecular formula is C21H21FN2O2S. The normalized spacial score (nSPS) is 15.9. The number of hydrogen-bond acceptors (Lipinski definition) is 2. The molecule has 0 atom stereocenters. The van der Waals surface area contributed by atoms with Gasteiger partial charge in [0.2, 0.25) is 10.0 Å². The van der Waals surface area contributed by atoms with Gasteiger partial charge in [-0.15, -0.1) is 0 Å². The quantitative estimate of drug-likeness (QED) is 0.728. The Morgan fingerprint density at radius 2 is 1.93 bits per heavy atom. The van der Waals surface area contributed by atoms with Crippen molar-refractivity contribution in [2.45, 2.75) is 25.2 Å². The highest BCUT2D eigenvalue weighted by Gasteiger charge is 2.28. The predicted octanol–water partition coefficient (Wildman–Crippen LogP) is 4.40. The van der Waals surface area contributed by atoms with Crippen LogP contribution >= 0.6 is 0 Å². The van der Waals surface area contributed by atoms with Crippen LogP contribution in [0.4, 0.5) is 4.39 Å². The maximum Gasteiger partial charge on any atom is 0.243 e. The van der Waals surface area contributed by atoms with E-state index in [1.807, 2.05) is 38.3 Å². The van der Waals surface area contributed by atoms with Crippen molar-refractivity contribution < 1.29 is 12.8 Å². The third-order valence-electron chi connectivity index (χ3n) is 5.12. The second-order valence-corrected chi connectivity index (χ2v) is 8.91. The van der Waals surface area contributed by atoms with Gasteiger partial charge in [-0.25, -0.2) is 12.8 Å². The van der Waals surface area contributed by atoms with Gasteiger partial charge >= 0.3 is 0 Å². The Labute approximate surface area is 158 Å². The first-order valence-corrected chi connectivity index (χ1v) is 10.3. The van der Waals surface area contributed by atoms with Gasteiger partial charge in [-0.3, -0.25) is 0 Å². The van der Waals surface area contributed by atoms with E-state index >= 15 is 0 Å². The fraction of sp³-hybridized carbons (Fsp3) is 0.238. The number of rotatable bonds is 3. The van der Waals surface area contributed by atoms with Gasteiger partial charge in [0.1, 0.15) is 5.82 Å². The summed E-state index contributed by atoms with van der Waals surface area (Å²) in [6.45, 7) is 4.48. The van der Waals surface area contributed by atoms with E-state index in [9.17, 15) is 12.8 Å². The van der Waals surface area contributed by atoms with E-state index in [1.54, 1.807) is 12.1 Å². The number of nitrogens with one attached hydrogen (secondary N) is 1. The molecule has 27 heavy (non-hydrogen) atoms. The van der Waals surface area contributed by atoms with Crippen LogP contribution in [0.15, 0.2) is 53.6 Å². The van der Waals surface area contributed by atoms with Gasteiger partial charge in [0, 0.05) is 35.8 Å². The molecular weight excluding hydrogens is 363 g/mol. The third kappa shape index (κ3) is 3.19. The summed E-state index contributed by atoms with van der Waals surface area (Å²) in [5.41, 5.74) is 4.53. The van der Waals surface area contributed by atoms with Crippen LogP contribution in [0.3, 0.4) is 0 Å². The molecule has 2 heterocycles. The van der Waals surface area contributed by atoms with E-state index in [1.165, 1.54) is 16.4 Å². The van der Waals surface area contributed by atoms with Crippen LogP contribution in [-0.2, 0) is 10.0 Å². The first-order chi connectivity index (χ1) is 12.9. The SMILES string of the molecule is Cc1ccc(C)c(S(=O)(=O)N2CC=C(c3c[nH]c4cc(F)ccc34)CC2)c1. The number of halogens is 1. The summed E-state index contributed by atoms with van der Waals surface area (Å²) in [6, 6.07) is 10.2. The molecule has 0 amide bonds. The molecule has 1 aromatic heterocycles. The first kappa shape index (κ1) is 17.9. The van der Waals surface area contributed by atoms with Crippen LogP contribution in [-0.4, -0.2) is 30.8 Å². The Bertz CT molecular complexity index is 1160. The van der Waals surface area contributed by atoms with E-state index < -0.39 is 10.0 Å². The van der Waals surface area contributed by atoms with Gasteiger partial charge in [0.15, 0.2) is 0 Å². The second-order valence-electron chi connectivity index (χ2n) is 7.00. The molecule has 0 aliphatic carbocycles. The first-order valence-electron chi connectivity index (χ1n) is 8.90. The Morgan fingerprint density at radius 3 is 2.67 bits per heavy atom. The Morgan fingerprint density at radius 1 is 1.11 bits per heavy atom. The van der Waals surface area contributed by atoms with Crippen LogP contribution in [0.2, 0.25) is 0 Å². The number of H-pyrrole nitrogens is 1. The zero-order valence-corrected chi connectivity index (χ0v) is 16.1. The zero-order chi connectivity index (χ0) is 19.2. The van der Waals surface area contributed by atoms with Crippen LogP contribution in [0.25, 0.3) is 16.5 Å². The summed E-state index contributed by atoms with van der Waals surface area (Å²) < 4.78 is 41.0. The van der Waals surface area contributed by atoms with Gasteiger partial charge in [-0.1, -0.05) is 18.2 Å². The third-order valence-corrected chi connectivity index (χ3v) is 7.13. The van der Waals surface area contributed by atoms with Crippen molar-refractivity contribution in [1.29, 1.82) is 0 Å². The molecule has 0 unspecified atom stereocenters. The molecule has 0 fully saturated rings. The van der Waals surface area contributed by atoms with Crippen molar-refractivity contribution >= 4 is 26.5 Å². The van der Waals surface area contributed by atoms with E-state index in [4.69, 9.17) is 0 Å². The summed E-state index contributed by atoms with van der Waals surface area (Å²) in [5, 5.41) is 0.952. The minimum atomic E-state index is -3.52. The lowest BCUT2D eigenvalue weighted by Crippen LogP contribution is -2.35. The largest absolute Gasteiger partial charge is 0.360 e. The van der Waals surface area contributed by atoms with Crippen LogP contribution in [0, 0.1) is 19.7 Å². The topological polar surface area (TPSA) is 53.2 Å². The molecule has 140 valence electrons. The number of aryl methyl sites for hydroxylation is 2. The van der Waals surface area contributed by atoms with Crippen molar-refractivity contribution in [2.75, 3.05) is 13.1 Å². The molecule has 6 heteroatoms. The molecule has 3 aromatic rings. The molecule has 2 aromatic carbocycles. The monoisotopic (exact) mass is 384 g/mol.